The summed E-state index contributed by atoms with van der Waals surface area (Å²) in [4.78, 5) is 22.9. The zero-order valence-electron chi connectivity index (χ0n) is 13.9. The molecule has 0 spiro atoms. The highest BCUT2D eigenvalue weighted by Crippen LogP contribution is 2.34. The Labute approximate surface area is 141 Å². The van der Waals surface area contributed by atoms with E-state index in [1.54, 1.807) is 11.3 Å². The van der Waals surface area contributed by atoms with E-state index in [9.17, 15) is 4.79 Å². The van der Waals surface area contributed by atoms with Crippen molar-refractivity contribution >= 4 is 27.5 Å². The molecule has 0 amide bonds. The van der Waals surface area contributed by atoms with E-state index in [1.807, 2.05) is 4.57 Å². The summed E-state index contributed by atoms with van der Waals surface area (Å²) >= 11 is 1.77. The summed E-state index contributed by atoms with van der Waals surface area (Å²) in [5, 5.41) is 0.930. The predicted molar refractivity (Wildman–Crippen MR) is 96.9 cm³/mol. The molecular weight excluding hydrogens is 306 g/mol. The number of nitrogens with zero attached hydrogens (tertiary/aromatic N) is 3. The lowest BCUT2D eigenvalue weighted by atomic mass is 9.97. The normalized spacial score (nSPS) is 18.4. The van der Waals surface area contributed by atoms with Crippen molar-refractivity contribution in [1.82, 2.24) is 9.55 Å². The molecule has 124 valence electrons. The van der Waals surface area contributed by atoms with Gasteiger partial charge in [-0.2, -0.15) is 0 Å². The Balaban J connectivity index is 1.91. The van der Waals surface area contributed by atoms with Crippen molar-refractivity contribution in [3.05, 3.63) is 20.8 Å². The molecule has 4 nitrogen and oxygen atoms in total. The number of aromatic nitrogens is 2. The molecule has 0 unspecified atom stereocenters. The third-order valence-electron chi connectivity index (χ3n) is 5.14. The van der Waals surface area contributed by atoms with Gasteiger partial charge in [-0.1, -0.05) is 6.92 Å². The smallest absolute Gasteiger partial charge is 0.263 e. The van der Waals surface area contributed by atoms with Crippen molar-refractivity contribution in [3.63, 3.8) is 0 Å². The average molecular weight is 331 g/mol. The Hall–Kier alpha value is -1.36. The van der Waals surface area contributed by atoms with Crippen molar-refractivity contribution in [2.75, 3.05) is 18.0 Å². The van der Waals surface area contributed by atoms with Crippen molar-refractivity contribution in [1.29, 1.82) is 0 Å². The molecule has 0 atom stereocenters. The molecule has 4 rings (SSSR count). The lowest BCUT2D eigenvalue weighted by Crippen LogP contribution is -2.36. The molecule has 3 heterocycles. The number of hydrogen-bond acceptors (Lipinski definition) is 4. The quantitative estimate of drug-likeness (QED) is 0.860. The van der Waals surface area contributed by atoms with Gasteiger partial charge in [-0.3, -0.25) is 9.36 Å². The fourth-order valence-electron chi connectivity index (χ4n) is 3.99. The molecule has 0 bridgehead atoms. The molecule has 2 aromatic rings. The number of piperidine rings is 1. The standard InChI is InChI=1S/C18H25N3OS/c1-2-10-21-17(22)15-13-8-4-5-9-14(13)23-16(15)19-18(21)20-11-6-3-7-12-20/h2-12H2,1H3. The van der Waals surface area contributed by atoms with E-state index in [0.717, 1.165) is 55.1 Å². The van der Waals surface area contributed by atoms with E-state index in [0.29, 0.717) is 0 Å². The van der Waals surface area contributed by atoms with E-state index in [4.69, 9.17) is 4.98 Å². The van der Waals surface area contributed by atoms with E-state index < -0.39 is 0 Å². The summed E-state index contributed by atoms with van der Waals surface area (Å²) in [5.74, 6) is 0.919. The second kappa shape index (κ2) is 6.27. The molecular formula is C18H25N3OS. The highest BCUT2D eigenvalue weighted by atomic mass is 32.1. The number of hydrogen-bond donors (Lipinski definition) is 0. The van der Waals surface area contributed by atoms with Crippen LogP contribution in [0, 0.1) is 0 Å². The van der Waals surface area contributed by atoms with Crippen LogP contribution in [0.2, 0.25) is 0 Å². The first-order valence-electron chi connectivity index (χ1n) is 9.09. The minimum absolute atomic E-state index is 0.205. The largest absolute Gasteiger partial charge is 0.342 e. The van der Waals surface area contributed by atoms with Crippen molar-refractivity contribution in [2.24, 2.45) is 0 Å². The zero-order valence-corrected chi connectivity index (χ0v) is 14.8. The van der Waals surface area contributed by atoms with Crippen LogP contribution in [0.5, 0.6) is 0 Å². The minimum Gasteiger partial charge on any atom is -0.342 e. The lowest BCUT2D eigenvalue weighted by molar-refractivity contribution is 0.543. The van der Waals surface area contributed by atoms with Gasteiger partial charge in [0.15, 0.2) is 0 Å². The van der Waals surface area contributed by atoms with Gasteiger partial charge in [0.05, 0.1) is 5.39 Å². The van der Waals surface area contributed by atoms with Crippen LogP contribution < -0.4 is 10.5 Å². The van der Waals surface area contributed by atoms with Gasteiger partial charge in [0.25, 0.3) is 5.56 Å². The monoisotopic (exact) mass is 331 g/mol. The molecule has 0 aromatic carbocycles. The maximum atomic E-state index is 13.2. The van der Waals surface area contributed by atoms with Gasteiger partial charge in [0, 0.05) is 24.5 Å². The molecule has 1 fully saturated rings. The fraction of sp³-hybridized carbons (Fsp3) is 0.667. The minimum atomic E-state index is 0.205. The Kier molecular flexibility index (Phi) is 4.14. The van der Waals surface area contributed by atoms with Crippen LogP contribution in [0.15, 0.2) is 4.79 Å². The van der Waals surface area contributed by atoms with E-state index in [2.05, 4.69) is 11.8 Å². The van der Waals surface area contributed by atoms with Crippen LogP contribution in [0.4, 0.5) is 5.95 Å². The van der Waals surface area contributed by atoms with Gasteiger partial charge >= 0.3 is 0 Å². The molecule has 0 saturated carbocycles. The first-order valence-corrected chi connectivity index (χ1v) is 9.91. The topological polar surface area (TPSA) is 38.1 Å². The average Bonchev–Trinajstić information content (AvgIpc) is 2.96. The van der Waals surface area contributed by atoms with Crippen LogP contribution in [0.3, 0.4) is 0 Å². The summed E-state index contributed by atoms with van der Waals surface area (Å²) < 4.78 is 1.95. The summed E-state index contributed by atoms with van der Waals surface area (Å²) in [5.41, 5.74) is 1.51. The van der Waals surface area contributed by atoms with Gasteiger partial charge in [-0.15, -0.1) is 11.3 Å². The molecule has 0 N–H and O–H groups in total. The van der Waals surface area contributed by atoms with Crippen molar-refractivity contribution < 1.29 is 0 Å². The number of aryl methyl sites for hydroxylation is 2. The van der Waals surface area contributed by atoms with Crippen LogP contribution in [-0.4, -0.2) is 22.6 Å². The molecule has 0 radical (unpaired) electrons. The molecule has 2 aromatic heterocycles. The maximum absolute atomic E-state index is 13.2. The van der Waals surface area contributed by atoms with E-state index in [-0.39, 0.29) is 5.56 Å². The summed E-state index contributed by atoms with van der Waals surface area (Å²) in [6.07, 6.45) is 9.33. The van der Waals surface area contributed by atoms with E-state index >= 15 is 0 Å². The Morgan fingerprint density at radius 2 is 1.87 bits per heavy atom. The lowest BCUT2D eigenvalue weighted by Gasteiger charge is -2.29. The van der Waals surface area contributed by atoms with Crippen molar-refractivity contribution in [2.45, 2.75) is 64.8 Å². The molecule has 1 saturated heterocycles. The Morgan fingerprint density at radius 3 is 2.65 bits per heavy atom. The van der Waals surface area contributed by atoms with Gasteiger partial charge in [-0.25, -0.2) is 4.98 Å². The number of rotatable bonds is 3. The van der Waals surface area contributed by atoms with E-state index in [1.165, 1.54) is 42.5 Å². The molecule has 5 heteroatoms. The number of anilines is 1. The van der Waals surface area contributed by atoms with Gasteiger partial charge in [0.1, 0.15) is 4.83 Å². The first kappa shape index (κ1) is 15.2. The molecule has 1 aliphatic carbocycles. The van der Waals surface area contributed by atoms with Gasteiger partial charge < -0.3 is 4.90 Å². The number of fused-ring (bicyclic) bond motifs is 3. The summed E-state index contributed by atoms with van der Waals surface area (Å²) in [6, 6.07) is 0. The maximum Gasteiger partial charge on any atom is 0.263 e. The first-order chi connectivity index (χ1) is 11.3. The third-order valence-corrected chi connectivity index (χ3v) is 6.33. The fourth-order valence-corrected chi connectivity index (χ4v) is 5.24. The zero-order chi connectivity index (χ0) is 15.8. The highest BCUT2D eigenvalue weighted by Gasteiger charge is 2.24. The van der Waals surface area contributed by atoms with Gasteiger partial charge in [-0.05, 0) is 56.9 Å². The van der Waals surface area contributed by atoms with Gasteiger partial charge in [0.2, 0.25) is 5.95 Å². The van der Waals surface area contributed by atoms with Crippen LogP contribution in [0.25, 0.3) is 10.2 Å². The predicted octanol–water partition coefficient (Wildman–Crippen LogP) is 3.74. The second-order valence-corrected chi connectivity index (χ2v) is 7.89. The van der Waals surface area contributed by atoms with Crippen LogP contribution in [-0.2, 0) is 19.4 Å². The second-order valence-electron chi connectivity index (χ2n) is 6.81. The number of thiophene rings is 1. The molecule has 23 heavy (non-hydrogen) atoms. The molecule has 2 aliphatic rings. The molecule has 1 aliphatic heterocycles. The van der Waals surface area contributed by atoms with Crippen molar-refractivity contribution in [3.8, 4) is 0 Å². The van der Waals surface area contributed by atoms with Crippen LogP contribution >= 0.6 is 11.3 Å². The Morgan fingerprint density at radius 1 is 1.09 bits per heavy atom. The Bertz CT molecular complexity index is 771. The summed E-state index contributed by atoms with van der Waals surface area (Å²) in [7, 11) is 0. The highest BCUT2D eigenvalue weighted by molar-refractivity contribution is 7.18. The van der Waals surface area contributed by atoms with Crippen LogP contribution in [0.1, 0.15) is 55.9 Å². The third kappa shape index (κ3) is 2.59. The summed E-state index contributed by atoms with van der Waals surface area (Å²) in [6.45, 7) is 4.98. The SMILES string of the molecule is CCCn1c(N2CCCCC2)nc2sc3c(c2c1=O)CCCC3.